The lowest BCUT2D eigenvalue weighted by Gasteiger charge is -2.21. The molecule has 3 N–H and O–H groups in total. The molecule has 1 heterocycles. The molecule has 25 heavy (non-hydrogen) atoms. The first-order valence-corrected chi connectivity index (χ1v) is 7.37. The number of urea groups is 1. The second-order valence-electron chi connectivity index (χ2n) is 5.68. The summed E-state index contributed by atoms with van der Waals surface area (Å²) in [4.78, 5) is 47.1. The van der Waals surface area contributed by atoms with Gasteiger partial charge in [0.25, 0.3) is 5.91 Å². The Balaban J connectivity index is 1.99. The van der Waals surface area contributed by atoms with E-state index < -0.39 is 42.0 Å². The summed E-state index contributed by atoms with van der Waals surface area (Å²) in [6, 6.07) is 1.97. The third-order valence-corrected chi connectivity index (χ3v) is 4.17. The summed E-state index contributed by atoms with van der Waals surface area (Å²) in [7, 11) is 1.40. The van der Waals surface area contributed by atoms with Crippen molar-refractivity contribution >= 4 is 29.7 Å². The van der Waals surface area contributed by atoms with Gasteiger partial charge < -0.3 is 20.5 Å². The highest BCUT2D eigenvalue weighted by Crippen LogP contribution is 2.47. The molecule has 10 heteroatoms. The van der Waals surface area contributed by atoms with Gasteiger partial charge in [0.15, 0.2) is 0 Å². The number of hydrogen-bond donors (Lipinski definition) is 3. The standard InChI is InChI=1S/C15H14FN3O6/c1-17-13(23)18-8-4-7-2-3-15(11(7)9(16)5-8)12(22)19(6-10(20)21)14(24)25-15/h4-5H,2-3,6H2,1H3,(H,20,21)(H2,17,18,23)/t15-/m0/s1. The molecule has 1 atom stereocenters. The Morgan fingerprint density at radius 2 is 2.12 bits per heavy atom. The first-order valence-electron chi connectivity index (χ1n) is 7.37. The Morgan fingerprint density at radius 1 is 1.40 bits per heavy atom. The highest BCUT2D eigenvalue weighted by molar-refractivity contribution is 6.06. The summed E-state index contributed by atoms with van der Waals surface area (Å²) >= 11 is 0. The third kappa shape index (κ3) is 2.55. The molecule has 132 valence electrons. The molecule has 0 radical (unpaired) electrons. The normalized spacial score (nSPS) is 21.3. The number of nitrogens with one attached hydrogen (secondary N) is 2. The van der Waals surface area contributed by atoms with Crippen LogP contribution in [0.1, 0.15) is 17.5 Å². The van der Waals surface area contributed by atoms with E-state index in [-0.39, 0.29) is 24.1 Å². The molecule has 1 aromatic rings. The molecule has 2 aliphatic rings. The van der Waals surface area contributed by atoms with Crippen LogP contribution in [0.2, 0.25) is 0 Å². The van der Waals surface area contributed by atoms with E-state index in [1.807, 2.05) is 0 Å². The van der Waals surface area contributed by atoms with Gasteiger partial charge in [-0.2, -0.15) is 0 Å². The van der Waals surface area contributed by atoms with Crippen molar-refractivity contribution in [2.75, 3.05) is 18.9 Å². The van der Waals surface area contributed by atoms with Crippen molar-refractivity contribution in [3.8, 4) is 0 Å². The van der Waals surface area contributed by atoms with Gasteiger partial charge in [-0.05, 0) is 24.1 Å². The van der Waals surface area contributed by atoms with Crippen LogP contribution in [0, 0.1) is 5.82 Å². The van der Waals surface area contributed by atoms with Crippen molar-refractivity contribution in [2.45, 2.75) is 18.4 Å². The van der Waals surface area contributed by atoms with Crippen molar-refractivity contribution in [2.24, 2.45) is 0 Å². The maximum atomic E-state index is 14.6. The third-order valence-electron chi connectivity index (χ3n) is 4.17. The van der Waals surface area contributed by atoms with E-state index in [2.05, 4.69) is 10.6 Å². The van der Waals surface area contributed by atoms with Crippen molar-refractivity contribution < 1.29 is 33.4 Å². The Kier molecular flexibility index (Phi) is 3.82. The molecule has 1 spiro atoms. The largest absolute Gasteiger partial charge is 0.480 e. The minimum Gasteiger partial charge on any atom is -0.480 e. The zero-order chi connectivity index (χ0) is 18.4. The molecule has 4 amide bonds. The van der Waals surface area contributed by atoms with E-state index in [1.165, 1.54) is 13.1 Å². The quantitative estimate of drug-likeness (QED) is 0.739. The number of ether oxygens (including phenoxy) is 1. The molecule has 1 aliphatic heterocycles. The molecule has 0 saturated carbocycles. The van der Waals surface area contributed by atoms with Crippen LogP contribution < -0.4 is 10.6 Å². The Hall–Kier alpha value is -3.17. The number of carbonyl (C=O) groups is 4. The molecular formula is C15H14FN3O6. The van der Waals surface area contributed by atoms with Gasteiger partial charge in [-0.15, -0.1) is 0 Å². The van der Waals surface area contributed by atoms with Crippen molar-refractivity contribution in [3.63, 3.8) is 0 Å². The number of halogens is 1. The smallest absolute Gasteiger partial charge is 0.418 e. The predicted octanol–water partition coefficient (Wildman–Crippen LogP) is 0.782. The van der Waals surface area contributed by atoms with E-state index in [9.17, 15) is 23.6 Å². The molecule has 1 aromatic carbocycles. The SMILES string of the molecule is CNC(=O)Nc1cc(F)c2c(c1)CC[C@]21OC(=O)N(CC(=O)O)C1=O. The molecule has 1 fully saturated rings. The van der Waals surface area contributed by atoms with E-state index in [1.54, 1.807) is 0 Å². The summed E-state index contributed by atoms with van der Waals surface area (Å²) in [5, 5.41) is 13.6. The van der Waals surface area contributed by atoms with Gasteiger partial charge in [0.1, 0.15) is 12.4 Å². The van der Waals surface area contributed by atoms with E-state index >= 15 is 0 Å². The van der Waals surface area contributed by atoms with E-state index in [4.69, 9.17) is 9.84 Å². The summed E-state index contributed by atoms with van der Waals surface area (Å²) in [6.07, 6.45) is -0.883. The topological polar surface area (TPSA) is 125 Å². The maximum absolute atomic E-state index is 14.6. The number of carboxylic acids is 1. The fourth-order valence-corrected chi connectivity index (χ4v) is 3.15. The molecule has 1 saturated heterocycles. The van der Waals surface area contributed by atoms with E-state index in [0.717, 1.165) is 6.07 Å². The van der Waals surface area contributed by atoms with Gasteiger partial charge in [0, 0.05) is 24.7 Å². The first-order chi connectivity index (χ1) is 11.8. The number of hydrogen-bond acceptors (Lipinski definition) is 5. The van der Waals surface area contributed by atoms with Crippen molar-refractivity contribution in [1.82, 2.24) is 10.2 Å². The highest BCUT2D eigenvalue weighted by Gasteiger charge is 2.59. The molecule has 0 aromatic heterocycles. The van der Waals surface area contributed by atoms with Crippen LogP contribution in [0.5, 0.6) is 0 Å². The van der Waals surface area contributed by atoms with Gasteiger partial charge in [-0.25, -0.2) is 18.9 Å². The monoisotopic (exact) mass is 351 g/mol. The average Bonchev–Trinajstić information content (AvgIpc) is 3.01. The lowest BCUT2D eigenvalue weighted by Crippen LogP contribution is -2.40. The summed E-state index contributed by atoms with van der Waals surface area (Å²) in [6.45, 7) is -0.854. The number of carboxylic acid groups (broad SMARTS) is 1. The second kappa shape index (κ2) is 5.72. The first kappa shape index (κ1) is 16.7. The number of aliphatic carboxylic acids is 1. The Morgan fingerprint density at radius 3 is 2.76 bits per heavy atom. The minimum absolute atomic E-state index is 0.00335. The van der Waals surface area contributed by atoms with Crippen LogP contribution in [0.25, 0.3) is 0 Å². The number of anilines is 1. The number of fused-ring (bicyclic) bond motifs is 2. The number of nitrogens with zero attached hydrogens (tertiary/aromatic N) is 1. The highest BCUT2D eigenvalue weighted by atomic mass is 19.1. The summed E-state index contributed by atoms with van der Waals surface area (Å²) in [5.41, 5.74) is -1.35. The number of rotatable bonds is 3. The maximum Gasteiger partial charge on any atom is 0.418 e. The van der Waals surface area contributed by atoms with Gasteiger partial charge in [-0.3, -0.25) is 9.59 Å². The number of aryl methyl sites for hydroxylation is 1. The summed E-state index contributed by atoms with van der Waals surface area (Å²) in [5.74, 6) is -3.10. The van der Waals surface area contributed by atoms with E-state index in [0.29, 0.717) is 10.5 Å². The minimum atomic E-state index is -1.85. The molecule has 0 unspecified atom stereocenters. The van der Waals surface area contributed by atoms with Crippen LogP contribution in [0.3, 0.4) is 0 Å². The van der Waals surface area contributed by atoms with Crippen LogP contribution >= 0.6 is 0 Å². The predicted molar refractivity (Wildman–Crippen MR) is 80.3 cm³/mol. The molecular weight excluding hydrogens is 337 g/mol. The Bertz CT molecular complexity index is 811. The fourth-order valence-electron chi connectivity index (χ4n) is 3.15. The van der Waals surface area contributed by atoms with Gasteiger partial charge in [0.2, 0.25) is 5.60 Å². The zero-order valence-electron chi connectivity index (χ0n) is 13.1. The van der Waals surface area contributed by atoms with Crippen molar-refractivity contribution in [1.29, 1.82) is 0 Å². The molecule has 3 rings (SSSR count). The van der Waals surface area contributed by atoms with Gasteiger partial charge >= 0.3 is 18.1 Å². The fraction of sp³-hybridized carbons (Fsp3) is 0.333. The zero-order valence-corrected chi connectivity index (χ0v) is 13.1. The number of imide groups is 1. The van der Waals surface area contributed by atoms with Crippen LogP contribution in [0.4, 0.5) is 19.7 Å². The summed E-state index contributed by atoms with van der Waals surface area (Å²) < 4.78 is 19.8. The average molecular weight is 351 g/mol. The van der Waals surface area contributed by atoms with Crippen LogP contribution in [0.15, 0.2) is 12.1 Å². The lowest BCUT2D eigenvalue weighted by atomic mass is 9.94. The lowest BCUT2D eigenvalue weighted by molar-refractivity contribution is -0.144. The van der Waals surface area contributed by atoms with Gasteiger partial charge in [-0.1, -0.05) is 0 Å². The van der Waals surface area contributed by atoms with Crippen LogP contribution in [-0.4, -0.2) is 47.6 Å². The van der Waals surface area contributed by atoms with Crippen molar-refractivity contribution in [3.05, 3.63) is 29.1 Å². The number of carbonyl (C=O) groups excluding carboxylic acids is 3. The number of amides is 4. The molecule has 0 bridgehead atoms. The van der Waals surface area contributed by atoms with Gasteiger partial charge in [0.05, 0.1) is 0 Å². The second-order valence-corrected chi connectivity index (χ2v) is 5.68. The molecule has 9 nitrogen and oxygen atoms in total. The number of benzene rings is 1. The van der Waals surface area contributed by atoms with Crippen LogP contribution in [-0.2, 0) is 26.3 Å². The Labute approximate surface area is 140 Å². The molecule has 1 aliphatic carbocycles.